The fourth-order valence-corrected chi connectivity index (χ4v) is 2.93. The normalized spacial score (nSPS) is 18.8. The van der Waals surface area contributed by atoms with Crippen molar-refractivity contribution in [3.63, 3.8) is 0 Å². The van der Waals surface area contributed by atoms with E-state index < -0.39 is 23.4 Å². The van der Waals surface area contributed by atoms with Gasteiger partial charge in [0.1, 0.15) is 12.2 Å². The van der Waals surface area contributed by atoms with Crippen molar-refractivity contribution in [1.29, 1.82) is 0 Å². The highest BCUT2D eigenvalue weighted by Crippen LogP contribution is 2.41. The minimum atomic E-state index is -1.04. The molecule has 2 aromatic carbocycles. The Bertz CT molecular complexity index is 577. The monoisotopic (exact) mass is 342 g/mol. The highest BCUT2D eigenvalue weighted by molar-refractivity contribution is 5.23. The van der Waals surface area contributed by atoms with Gasteiger partial charge in [-0.05, 0) is 37.8 Å². The maximum absolute atomic E-state index is 11.0. The molecule has 0 bridgehead atoms. The Morgan fingerprint density at radius 1 is 0.720 bits per heavy atom. The van der Waals surface area contributed by atoms with Gasteiger partial charge in [-0.15, -0.1) is 0 Å². The Labute approximate surface area is 151 Å². The molecule has 2 aromatic rings. The lowest BCUT2D eigenvalue weighted by atomic mass is 9.87. The zero-order valence-corrected chi connectivity index (χ0v) is 15.6. The fourth-order valence-electron chi connectivity index (χ4n) is 2.93. The summed E-state index contributed by atoms with van der Waals surface area (Å²) in [5.74, 6) is 0. The van der Waals surface area contributed by atoms with Crippen LogP contribution in [0, 0.1) is 0 Å². The van der Waals surface area contributed by atoms with Crippen molar-refractivity contribution in [3.05, 3.63) is 71.8 Å². The Morgan fingerprint density at radius 2 is 1.04 bits per heavy atom. The molecule has 2 rings (SSSR count). The summed E-state index contributed by atoms with van der Waals surface area (Å²) in [6.07, 6.45) is 0.00822. The molecule has 0 radical (unpaired) electrons. The second-order valence-corrected chi connectivity index (χ2v) is 7.14. The van der Waals surface area contributed by atoms with Gasteiger partial charge in [0.25, 0.3) is 0 Å². The standard InChI is InChI=1S/C22H30O3/c1-5-21(3,23)19(17-13-9-7-10-14-17)25-20(22(4,24)6-2)18-15-11-8-12-16-18/h7-16,19-20,23-24H,5-6H2,1-4H3. The first kappa shape index (κ1) is 19.6. The quantitative estimate of drug-likeness (QED) is 0.724. The van der Waals surface area contributed by atoms with E-state index in [-0.39, 0.29) is 0 Å². The zero-order valence-electron chi connectivity index (χ0n) is 15.6. The summed E-state index contributed by atoms with van der Waals surface area (Å²) in [7, 11) is 0. The van der Waals surface area contributed by atoms with Gasteiger partial charge in [-0.2, -0.15) is 0 Å². The third-order valence-electron chi connectivity index (χ3n) is 5.04. The van der Waals surface area contributed by atoms with Crippen LogP contribution in [0.4, 0.5) is 0 Å². The van der Waals surface area contributed by atoms with Gasteiger partial charge in [-0.3, -0.25) is 0 Å². The van der Waals surface area contributed by atoms with E-state index in [2.05, 4.69) is 0 Å². The first-order valence-electron chi connectivity index (χ1n) is 9.02. The highest BCUT2D eigenvalue weighted by atomic mass is 16.5. The summed E-state index contributed by atoms with van der Waals surface area (Å²) < 4.78 is 6.43. The zero-order chi connectivity index (χ0) is 18.5. The minimum absolute atomic E-state index is 0.540. The molecule has 0 aliphatic carbocycles. The van der Waals surface area contributed by atoms with Gasteiger partial charge >= 0.3 is 0 Å². The van der Waals surface area contributed by atoms with Crippen molar-refractivity contribution in [2.45, 2.75) is 63.9 Å². The third-order valence-corrected chi connectivity index (χ3v) is 5.04. The number of rotatable bonds is 8. The Hall–Kier alpha value is -1.68. The Morgan fingerprint density at radius 3 is 1.32 bits per heavy atom. The van der Waals surface area contributed by atoms with E-state index >= 15 is 0 Å². The molecule has 0 spiro atoms. The van der Waals surface area contributed by atoms with E-state index in [9.17, 15) is 10.2 Å². The number of benzene rings is 2. The molecular weight excluding hydrogens is 312 g/mol. The second kappa shape index (κ2) is 8.13. The maximum Gasteiger partial charge on any atom is 0.112 e. The molecule has 0 saturated carbocycles. The van der Waals surface area contributed by atoms with E-state index in [1.807, 2.05) is 74.5 Å². The first-order valence-corrected chi connectivity index (χ1v) is 9.02. The molecule has 0 heterocycles. The third kappa shape index (κ3) is 4.69. The number of aliphatic hydroxyl groups is 2. The van der Waals surface area contributed by atoms with E-state index in [1.54, 1.807) is 13.8 Å². The van der Waals surface area contributed by atoms with Crippen LogP contribution in [0.3, 0.4) is 0 Å². The van der Waals surface area contributed by atoms with Crippen LogP contribution in [0.25, 0.3) is 0 Å². The SMILES string of the molecule is CCC(C)(O)C(OC(c1ccccc1)C(C)(O)CC)c1ccccc1. The molecule has 25 heavy (non-hydrogen) atoms. The molecule has 0 amide bonds. The van der Waals surface area contributed by atoms with Gasteiger partial charge in [0.2, 0.25) is 0 Å². The Balaban J connectivity index is 2.45. The number of ether oxygens (including phenoxy) is 1. The van der Waals surface area contributed by atoms with E-state index in [1.165, 1.54) is 0 Å². The van der Waals surface area contributed by atoms with Crippen LogP contribution in [-0.2, 0) is 4.74 Å². The second-order valence-electron chi connectivity index (χ2n) is 7.14. The van der Waals surface area contributed by atoms with Crippen LogP contribution in [0.1, 0.15) is 63.9 Å². The molecule has 2 N–H and O–H groups in total. The molecule has 0 aromatic heterocycles. The Kier molecular flexibility index (Phi) is 6.39. The summed E-state index contributed by atoms with van der Waals surface area (Å²) in [6.45, 7) is 7.45. The summed E-state index contributed by atoms with van der Waals surface area (Å²) in [5, 5.41) is 21.9. The maximum atomic E-state index is 11.0. The molecule has 3 heteroatoms. The molecule has 3 nitrogen and oxygen atoms in total. The summed E-state index contributed by atoms with van der Waals surface area (Å²) >= 11 is 0. The van der Waals surface area contributed by atoms with Gasteiger partial charge in [0.05, 0.1) is 11.2 Å². The van der Waals surface area contributed by atoms with Gasteiger partial charge in [-0.1, -0.05) is 74.5 Å². The van der Waals surface area contributed by atoms with Crippen LogP contribution in [0.2, 0.25) is 0 Å². The molecule has 4 unspecified atom stereocenters. The fraction of sp³-hybridized carbons (Fsp3) is 0.455. The average Bonchev–Trinajstić information content (AvgIpc) is 2.63. The van der Waals surface area contributed by atoms with Crippen molar-refractivity contribution in [1.82, 2.24) is 0 Å². The molecule has 0 fully saturated rings. The molecule has 0 saturated heterocycles. The summed E-state index contributed by atoms with van der Waals surface area (Å²) in [5.41, 5.74) is -0.277. The highest BCUT2D eigenvalue weighted by Gasteiger charge is 2.40. The van der Waals surface area contributed by atoms with Crippen molar-refractivity contribution in [2.75, 3.05) is 0 Å². The van der Waals surface area contributed by atoms with Crippen LogP contribution in [0.15, 0.2) is 60.7 Å². The van der Waals surface area contributed by atoms with Crippen LogP contribution < -0.4 is 0 Å². The lowest BCUT2D eigenvalue weighted by Crippen LogP contribution is -2.40. The number of hydrogen-bond donors (Lipinski definition) is 2. The van der Waals surface area contributed by atoms with E-state index in [4.69, 9.17) is 4.74 Å². The van der Waals surface area contributed by atoms with Gasteiger partial charge in [0.15, 0.2) is 0 Å². The molecule has 0 aliphatic rings. The van der Waals surface area contributed by atoms with Gasteiger partial charge in [-0.25, -0.2) is 0 Å². The van der Waals surface area contributed by atoms with Crippen molar-refractivity contribution in [3.8, 4) is 0 Å². The van der Waals surface area contributed by atoms with Crippen molar-refractivity contribution in [2.24, 2.45) is 0 Å². The lowest BCUT2D eigenvalue weighted by Gasteiger charge is -2.40. The first-order chi connectivity index (χ1) is 11.8. The van der Waals surface area contributed by atoms with Gasteiger partial charge < -0.3 is 14.9 Å². The topological polar surface area (TPSA) is 49.7 Å². The summed E-state index contributed by atoms with van der Waals surface area (Å²) in [4.78, 5) is 0. The average molecular weight is 342 g/mol. The molecule has 0 aliphatic heterocycles. The van der Waals surface area contributed by atoms with Crippen molar-refractivity contribution >= 4 is 0 Å². The molecule has 136 valence electrons. The van der Waals surface area contributed by atoms with Gasteiger partial charge in [0, 0.05) is 0 Å². The minimum Gasteiger partial charge on any atom is -0.387 e. The smallest absolute Gasteiger partial charge is 0.112 e. The predicted octanol–water partition coefficient (Wildman–Crippen LogP) is 4.81. The van der Waals surface area contributed by atoms with E-state index in [0.717, 1.165) is 11.1 Å². The largest absolute Gasteiger partial charge is 0.387 e. The summed E-state index contributed by atoms with van der Waals surface area (Å²) in [6, 6.07) is 19.5. The predicted molar refractivity (Wildman–Crippen MR) is 101 cm³/mol. The van der Waals surface area contributed by atoms with E-state index in [0.29, 0.717) is 12.8 Å². The number of hydrogen-bond acceptors (Lipinski definition) is 3. The van der Waals surface area contributed by atoms with Crippen LogP contribution in [0.5, 0.6) is 0 Å². The van der Waals surface area contributed by atoms with Crippen molar-refractivity contribution < 1.29 is 14.9 Å². The molecule has 4 atom stereocenters. The molecular formula is C22H30O3. The van der Waals surface area contributed by atoms with Crippen LogP contribution in [-0.4, -0.2) is 21.4 Å². The van der Waals surface area contributed by atoms with Crippen LogP contribution >= 0.6 is 0 Å². The lowest BCUT2D eigenvalue weighted by molar-refractivity contribution is -0.185.